The highest BCUT2D eigenvalue weighted by atomic mass is 16.5. The van der Waals surface area contributed by atoms with Crippen molar-refractivity contribution in [3.63, 3.8) is 0 Å². The van der Waals surface area contributed by atoms with E-state index in [1.165, 1.54) is 0 Å². The maximum Gasteiger partial charge on any atom is 0.153 e. The van der Waals surface area contributed by atoms with E-state index < -0.39 is 6.23 Å². The van der Waals surface area contributed by atoms with E-state index in [0.717, 1.165) is 28.3 Å². The summed E-state index contributed by atoms with van der Waals surface area (Å²) in [6.45, 7) is 0. The average molecular weight is 332 g/mol. The van der Waals surface area contributed by atoms with Crippen molar-refractivity contribution in [2.45, 2.75) is 6.23 Å². The Hall–Kier alpha value is -2.99. The number of aliphatic hydroxyl groups excluding tert-OH is 1. The molecule has 1 unspecified atom stereocenters. The molecule has 124 valence electrons. The molecule has 0 radical (unpaired) electrons. The van der Waals surface area contributed by atoms with Gasteiger partial charge in [-0.25, -0.2) is 4.99 Å². The summed E-state index contributed by atoms with van der Waals surface area (Å²) in [4.78, 5) is 4.81. The normalized spacial score (nSPS) is 13.8. The summed E-state index contributed by atoms with van der Waals surface area (Å²) >= 11 is 0. The summed E-state index contributed by atoms with van der Waals surface area (Å²) in [5, 5.41) is 18.5. The zero-order valence-corrected chi connectivity index (χ0v) is 13.3. The van der Waals surface area contributed by atoms with Gasteiger partial charge in [0.1, 0.15) is 11.4 Å². The monoisotopic (exact) mass is 332 g/mol. The molecule has 1 atom stereocenters. The first-order valence-electron chi connectivity index (χ1n) is 7.89. The first-order valence-corrected chi connectivity index (χ1v) is 7.89. The summed E-state index contributed by atoms with van der Waals surface area (Å²) in [5.74, 6) is 1.45. The van der Waals surface area contributed by atoms with Gasteiger partial charge in [0.25, 0.3) is 0 Å². The third-order valence-corrected chi connectivity index (χ3v) is 4.08. The molecule has 0 saturated carbocycles. The van der Waals surface area contributed by atoms with Crippen LogP contribution in [-0.4, -0.2) is 16.0 Å². The number of fused-ring (bicyclic) bond motifs is 2. The van der Waals surface area contributed by atoms with Gasteiger partial charge in [0.05, 0.1) is 5.71 Å². The summed E-state index contributed by atoms with van der Waals surface area (Å²) in [5.41, 5.74) is 5.72. The third kappa shape index (κ3) is 2.92. The molecule has 0 saturated heterocycles. The lowest BCUT2D eigenvalue weighted by Gasteiger charge is -2.11. The van der Waals surface area contributed by atoms with Gasteiger partial charge in [0.2, 0.25) is 0 Å². The van der Waals surface area contributed by atoms with Crippen LogP contribution < -0.4 is 10.2 Å². The van der Waals surface area contributed by atoms with Crippen molar-refractivity contribution in [3.05, 3.63) is 89.5 Å². The Kier molecular flexibility index (Phi) is 4.03. The lowest BCUT2D eigenvalue weighted by Crippen LogP contribution is -2.16. The second-order valence-corrected chi connectivity index (χ2v) is 5.68. The molecule has 0 aliphatic carbocycles. The molecule has 5 nitrogen and oxygen atoms in total. The number of hydrogen-bond donors (Lipinski definition) is 3. The Balaban J connectivity index is 1.85. The highest BCUT2D eigenvalue weighted by molar-refractivity contribution is 6.16. The Morgan fingerprint density at radius 1 is 0.840 bits per heavy atom. The van der Waals surface area contributed by atoms with Crippen LogP contribution in [0.25, 0.3) is 0 Å². The van der Waals surface area contributed by atoms with Gasteiger partial charge in [-0.2, -0.15) is 5.48 Å². The number of benzene rings is 3. The fraction of sp³-hybridized carbons (Fsp3) is 0.0500. The number of para-hydroxylation sites is 3. The molecular formula is C20H16N2O3. The molecule has 3 aromatic carbocycles. The van der Waals surface area contributed by atoms with Crippen LogP contribution in [0.1, 0.15) is 22.9 Å². The predicted octanol–water partition coefficient (Wildman–Crippen LogP) is 3.93. The smallest absolute Gasteiger partial charge is 0.153 e. The third-order valence-electron chi connectivity index (χ3n) is 4.08. The van der Waals surface area contributed by atoms with Crippen LogP contribution in [-0.2, 0) is 0 Å². The number of ether oxygens (including phenoxy) is 1. The van der Waals surface area contributed by atoms with E-state index in [9.17, 15) is 5.11 Å². The van der Waals surface area contributed by atoms with Gasteiger partial charge in [-0.05, 0) is 29.8 Å². The van der Waals surface area contributed by atoms with Gasteiger partial charge < -0.3 is 15.1 Å². The lowest BCUT2D eigenvalue weighted by molar-refractivity contribution is 0.000700. The summed E-state index contributed by atoms with van der Waals surface area (Å²) in [6.07, 6.45) is -1.12. The van der Waals surface area contributed by atoms with E-state index >= 15 is 0 Å². The van der Waals surface area contributed by atoms with E-state index in [-0.39, 0.29) is 0 Å². The second kappa shape index (κ2) is 6.49. The minimum atomic E-state index is -1.12. The average Bonchev–Trinajstić information content (AvgIpc) is 2.84. The van der Waals surface area contributed by atoms with Crippen molar-refractivity contribution in [1.82, 2.24) is 5.48 Å². The number of hydrogen-bond acceptors (Lipinski definition) is 5. The van der Waals surface area contributed by atoms with Gasteiger partial charge in [-0.3, -0.25) is 0 Å². The highest BCUT2D eigenvalue weighted by Gasteiger charge is 2.19. The molecule has 1 aliphatic rings. The zero-order chi connectivity index (χ0) is 17.2. The predicted molar refractivity (Wildman–Crippen MR) is 94.6 cm³/mol. The molecule has 1 aliphatic heterocycles. The molecule has 0 spiro atoms. The van der Waals surface area contributed by atoms with Crippen LogP contribution in [0.2, 0.25) is 0 Å². The molecule has 5 heteroatoms. The van der Waals surface area contributed by atoms with E-state index in [1.807, 2.05) is 66.1 Å². The summed E-state index contributed by atoms with van der Waals surface area (Å²) in [6, 6.07) is 22.6. The number of nitrogens with one attached hydrogen (secondary N) is 1. The SMILES string of the molecule is ONC(O)c1ccc(C2=Nc3ccccc3Oc3ccccc32)cc1. The van der Waals surface area contributed by atoms with Crippen LogP contribution >= 0.6 is 0 Å². The molecular weight excluding hydrogens is 316 g/mol. The maximum atomic E-state index is 9.65. The minimum Gasteiger partial charge on any atom is -0.454 e. The van der Waals surface area contributed by atoms with Crippen molar-refractivity contribution in [2.24, 2.45) is 4.99 Å². The van der Waals surface area contributed by atoms with Crippen LogP contribution in [0.4, 0.5) is 5.69 Å². The highest BCUT2D eigenvalue weighted by Crippen LogP contribution is 2.38. The second-order valence-electron chi connectivity index (χ2n) is 5.68. The molecule has 1 heterocycles. The van der Waals surface area contributed by atoms with Gasteiger partial charge in [-0.1, -0.05) is 48.5 Å². The maximum absolute atomic E-state index is 9.65. The number of nitrogens with zero attached hydrogens (tertiary/aromatic N) is 1. The van der Waals surface area contributed by atoms with Gasteiger partial charge in [0, 0.05) is 11.1 Å². The Morgan fingerprint density at radius 3 is 2.28 bits per heavy atom. The molecule has 4 rings (SSSR count). The van der Waals surface area contributed by atoms with Crippen molar-refractivity contribution in [1.29, 1.82) is 0 Å². The van der Waals surface area contributed by atoms with Crippen molar-refractivity contribution in [2.75, 3.05) is 0 Å². The number of hydroxylamine groups is 1. The van der Waals surface area contributed by atoms with Gasteiger partial charge in [0.15, 0.2) is 12.0 Å². The summed E-state index contributed by atoms with van der Waals surface area (Å²) in [7, 11) is 0. The Labute approximate surface area is 144 Å². The topological polar surface area (TPSA) is 74.1 Å². The molecule has 3 aromatic rings. The molecule has 0 aromatic heterocycles. The number of rotatable bonds is 3. The molecule has 0 amide bonds. The van der Waals surface area contributed by atoms with Crippen LogP contribution in [0.5, 0.6) is 11.5 Å². The van der Waals surface area contributed by atoms with Crippen LogP contribution in [0.3, 0.4) is 0 Å². The summed E-state index contributed by atoms with van der Waals surface area (Å²) < 4.78 is 6.04. The van der Waals surface area contributed by atoms with Crippen LogP contribution in [0, 0.1) is 0 Å². The molecule has 3 N–H and O–H groups in total. The zero-order valence-electron chi connectivity index (χ0n) is 13.3. The Bertz CT molecular complexity index is 936. The Morgan fingerprint density at radius 2 is 1.52 bits per heavy atom. The van der Waals surface area contributed by atoms with E-state index in [2.05, 4.69) is 0 Å². The number of aliphatic imine (C=N–C) groups is 1. The standard InChI is InChI=1S/C20H16N2O3/c23-20(22-24)14-11-9-13(10-12-14)19-15-5-1-3-7-17(15)25-18-8-4-2-6-16(18)21-19/h1-12,20,22-24H. The quantitative estimate of drug-likeness (QED) is 0.392. The largest absolute Gasteiger partial charge is 0.454 e. The van der Waals surface area contributed by atoms with Crippen molar-refractivity contribution < 1.29 is 15.1 Å². The lowest BCUT2D eigenvalue weighted by atomic mass is 10.00. The molecule has 0 bridgehead atoms. The van der Waals surface area contributed by atoms with Gasteiger partial charge >= 0.3 is 0 Å². The molecule has 0 fully saturated rings. The number of aliphatic hydroxyl groups is 1. The van der Waals surface area contributed by atoms with Crippen LogP contribution in [0.15, 0.2) is 77.8 Å². The van der Waals surface area contributed by atoms with Crippen molar-refractivity contribution >= 4 is 11.4 Å². The van der Waals surface area contributed by atoms with E-state index in [4.69, 9.17) is 14.9 Å². The minimum absolute atomic E-state index is 0.561. The fourth-order valence-corrected chi connectivity index (χ4v) is 2.80. The van der Waals surface area contributed by atoms with E-state index in [1.54, 1.807) is 12.1 Å². The first-order chi connectivity index (χ1) is 12.3. The van der Waals surface area contributed by atoms with Crippen molar-refractivity contribution in [3.8, 4) is 11.5 Å². The van der Waals surface area contributed by atoms with Gasteiger partial charge in [-0.15, -0.1) is 0 Å². The molecule has 25 heavy (non-hydrogen) atoms. The first kappa shape index (κ1) is 15.5. The fourth-order valence-electron chi connectivity index (χ4n) is 2.80. The van der Waals surface area contributed by atoms with E-state index in [0.29, 0.717) is 11.3 Å².